The zero-order valence-electron chi connectivity index (χ0n) is 13.8. The molecule has 19 heavy (non-hydrogen) atoms. The van der Waals surface area contributed by atoms with Crippen molar-refractivity contribution in [1.29, 1.82) is 0 Å². The van der Waals surface area contributed by atoms with Crippen LogP contribution in [0.2, 0.25) is 0 Å². The van der Waals surface area contributed by atoms with Crippen molar-refractivity contribution in [3.8, 4) is 0 Å². The van der Waals surface area contributed by atoms with Crippen molar-refractivity contribution in [3.05, 3.63) is 0 Å². The molecule has 0 aliphatic heterocycles. The van der Waals surface area contributed by atoms with Crippen molar-refractivity contribution in [2.45, 2.75) is 0 Å². The van der Waals surface area contributed by atoms with E-state index in [1.54, 1.807) is 0 Å². The van der Waals surface area contributed by atoms with Gasteiger partial charge in [-0.25, -0.2) is 0 Å². The Morgan fingerprint density at radius 2 is 0.579 bits per heavy atom. The second-order valence-electron chi connectivity index (χ2n) is 5.21. The van der Waals surface area contributed by atoms with Crippen molar-refractivity contribution in [3.63, 3.8) is 0 Å². The molecule has 2 N–H and O–H groups in total. The topological polar surface area (TPSA) is 44.5 Å². The Kier molecular flexibility index (Phi) is 35.0. The van der Waals surface area contributed by atoms with E-state index in [0.29, 0.717) is 0 Å². The monoisotopic (exact) mass is 348 g/mol. The van der Waals surface area contributed by atoms with E-state index in [9.17, 15) is 0 Å². The smallest absolute Gasteiger partial charge is 1.00 e. The Morgan fingerprint density at radius 3 is 0.632 bits per heavy atom. The predicted molar refractivity (Wildman–Crippen MR) is 77.8 cm³/mol. The summed E-state index contributed by atoms with van der Waals surface area (Å²) in [5, 5.41) is 0. The molecule has 0 spiro atoms. The van der Waals surface area contributed by atoms with Gasteiger partial charge in [0.25, 0.3) is 0 Å². The summed E-state index contributed by atoms with van der Waals surface area (Å²) < 4.78 is 0. The number of nitrogens with zero attached hydrogens (tertiary/aromatic N) is 4. The van der Waals surface area contributed by atoms with Crippen LogP contribution in [-0.2, 0) is 17.1 Å². The van der Waals surface area contributed by atoms with Crippen molar-refractivity contribution >= 4 is 0 Å². The molecule has 0 unspecified atom stereocenters. The van der Waals surface area contributed by atoms with E-state index in [1.807, 2.05) is 0 Å². The van der Waals surface area contributed by atoms with Gasteiger partial charge in [0.05, 0.1) is 0 Å². The Hall–Kier alpha value is 0.609. The van der Waals surface area contributed by atoms with Gasteiger partial charge in [-0.1, -0.05) is 0 Å². The van der Waals surface area contributed by atoms with E-state index in [0.717, 1.165) is 26.2 Å². The zero-order chi connectivity index (χ0) is 13.1. The van der Waals surface area contributed by atoms with Crippen LogP contribution in [0.25, 0.3) is 0 Å². The normalized spacial score (nSPS) is 9.47. The van der Waals surface area contributed by atoms with Gasteiger partial charge in [-0.05, 0) is 56.4 Å². The van der Waals surface area contributed by atoms with E-state index >= 15 is 0 Å². The maximum Gasteiger partial charge on any atom is 1.00 e. The summed E-state index contributed by atoms with van der Waals surface area (Å²) in [5.74, 6) is 0. The third-order valence-corrected chi connectivity index (χ3v) is 1.99. The molecule has 0 bridgehead atoms. The SMILES string of the molecule is CN(C)CCN(C)C.CN(C)CCN(C)C.O.[Cl-].[Cu+]. The maximum atomic E-state index is 2.18. The second-order valence-corrected chi connectivity index (χ2v) is 5.21. The summed E-state index contributed by atoms with van der Waals surface area (Å²) in [6.07, 6.45) is 0. The molecule has 7 heteroatoms. The van der Waals surface area contributed by atoms with Gasteiger partial charge in [0.1, 0.15) is 0 Å². The molecule has 0 radical (unpaired) electrons. The van der Waals surface area contributed by atoms with Gasteiger partial charge < -0.3 is 37.5 Å². The van der Waals surface area contributed by atoms with Gasteiger partial charge in [-0.15, -0.1) is 0 Å². The zero-order valence-corrected chi connectivity index (χ0v) is 15.5. The first-order valence-corrected chi connectivity index (χ1v) is 5.84. The first-order valence-electron chi connectivity index (χ1n) is 5.84. The van der Waals surface area contributed by atoms with E-state index in [1.165, 1.54) is 0 Å². The fourth-order valence-corrected chi connectivity index (χ4v) is 0.800. The van der Waals surface area contributed by atoms with Crippen LogP contribution in [0.1, 0.15) is 0 Å². The molecule has 126 valence electrons. The summed E-state index contributed by atoms with van der Waals surface area (Å²) in [7, 11) is 16.7. The minimum Gasteiger partial charge on any atom is -1.00 e. The molecule has 0 rings (SSSR count). The molecule has 0 heterocycles. The van der Waals surface area contributed by atoms with Crippen LogP contribution < -0.4 is 12.4 Å². The third-order valence-electron chi connectivity index (χ3n) is 1.99. The van der Waals surface area contributed by atoms with Gasteiger partial charge in [0.15, 0.2) is 0 Å². The molecule has 0 aliphatic rings. The van der Waals surface area contributed by atoms with Crippen LogP contribution in [0.3, 0.4) is 0 Å². The van der Waals surface area contributed by atoms with Crippen molar-refractivity contribution in [1.82, 2.24) is 19.6 Å². The van der Waals surface area contributed by atoms with Gasteiger partial charge >= 0.3 is 17.1 Å². The molecule has 5 nitrogen and oxygen atoms in total. The summed E-state index contributed by atoms with van der Waals surface area (Å²) in [5.41, 5.74) is 0. The average molecular weight is 349 g/mol. The number of hydrogen-bond acceptors (Lipinski definition) is 4. The van der Waals surface area contributed by atoms with Crippen LogP contribution in [0.4, 0.5) is 0 Å². The van der Waals surface area contributed by atoms with E-state index in [-0.39, 0.29) is 35.0 Å². The summed E-state index contributed by atoms with van der Waals surface area (Å²) in [4.78, 5) is 8.72. The van der Waals surface area contributed by atoms with Gasteiger partial charge in [-0.2, -0.15) is 0 Å². The van der Waals surface area contributed by atoms with E-state index in [2.05, 4.69) is 76.0 Å². The number of rotatable bonds is 6. The summed E-state index contributed by atoms with van der Waals surface area (Å²) in [6.45, 7) is 4.58. The molecule has 0 aromatic rings. The predicted octanol–water partition coefficient (Wildman–Crippen LogP) is -3.60. The van der Waals surface area contributed by atoms with Crippen LogP contribution >= 0.6 is 0 Å². The Balaban J connectivity index is -0.0000000594. The fraction of sp³-hybridized carbons (Fsp3) is 1.00. The third kappa shape index (κ3) is 45.6. The Labute approximate surface area is 137 Å². The molecule has 0 aromatic carbocycles. The molecule has 0 saturated carbocycles. The van der Waals surface area contributed by atoms with Crippen molar-refractivity contribution < 1.29 is 35.0 Å². The van der Waals surface area contributed by atoms with Gasteiger partial charge in [-0.3, -0.25) is 0 Å². The largest absolute Gasteiger partial charge is 1.00 e. The molecule has 0 atom stereocenters. The van der Waals surface area contributed by atoms with Crippen LogP contribution in [-0.4, -0.2) is 108 Å². The quantitative estimate of drug-likeness (QED) is 0.465. The summed E-state index contributed by atoms with van der Waals surface area (Å²) in [6, 6.07) is 0. The molecular weight excluding hydrogens is 315 g/mol. The fourth-order valence-electron chi connectivity index (χ4n) is 0.800. The minimum absolute atomic E-state index is 0. The van der Waals surface area contributed by atoms with Crippen molar-refractivity contribution in [2.24, 2.45) is 0 Å². The van der Waals surface area contributed by atoms with E-state index in [4.69, 9.17) is 0 Å². The van der Waals surface area contributed by atoms with Crippen molar-refractivity contribution in [2.75, 3.05) is 82.6 Å². The van der Waals surface area contributed by atoms with E-state index < -0.39 is 0 Å². The molecule has 0 aliphatic carbocycles. The number of likely N-dealkylation sites (N-methyl/N-ethyl adjacent to an activating group) is 4. The van der Waals surface area contributed by atoms with Crippen LogP contribution in [0.15, 0.2) is 0 Å². The molecule has 0 amide bonds. The second kappa shape index (κ2) is 20.9. The first-order chi connectivity index (χ1) is 7.25. The molecule has 0 fully saturated rings. The number of halogens is 1. The van der Waals surface area contributed by atoms with Crippen LogP contribution in [0.5, 0.6) is 0 Å². The molecule has 0 saturated heterocycles. The molecule has 0 aromatic heterocycles. The Morgan fingerprint density at radius 1 is 0.474 bits per heavy atom. The minimum atomic E-state index is 0. The van der Waals surface area contributed by atoms with Gasteiger partial charge in [0, 0.05) is 26.2 Å². The van der Waals surface area contributed by atoms with Gasteiger partial charge in [0.2, 0.25) is 0 Å². The maximum absolute atomic E-state index is 2.18. The number of hydrogen-bond donors (Lipinski definition) is 0. The summed E-state index contributed by atoms with van der Waals surface area (Å²) >= 11 is 0. The van der Waals surface area contributed by atoms with Crippen LogP contribution in [0, 0.1) is 0 Å². The molecular formula is C12H34ClCuN4O. The first kappa shape index (κ1) is 31.8. The Bertz CT molecular complexity index is 118. The average Bonchev–Trinajstić information content (AvgIpc) is 2.12. The standard InChI is InChI=1S/2C6H16N2.ClH.Cu.H2O/c2*1-7(2)5-6-8(3)4;;;/h2*5-6H2,1-4H3;1H;;1H2/q;;;+1;/p-1.